The van der Waals surface area contributed by atoms with Gasteiger partial charge in [-0.1, -0.05) is 46.3 Å². The molecular formula is C19H16BrNO3S. The van der Waals surface area contributed by atoms with Crippen LogP contribution < -0.4 is 4.74 Å². The molecule has 4 nitrogen and oxygen atoms in total. The van der Waals surface area contributed by atoms with Crippen molar-refractivity contribution >= 4 is 44.9 Å². The van der Waals surface area contributed by atoms with Crippen LogP contribution in [-0.4, -0.2) is 22.7 Å². The molecule has 2 aromatic carbocycles. The van der Waals surface area contributed by atoms with Gasteiger partial charge < -0.3 is 4.74 Å². The Hall–Kier alpha value is -2.05. The lowest BCUT2D eigenvalue weighted by molar-refractivity contribution is -0.123. The predicted molar refractivity (Wildman–Crippen MR) is 103 cm³/mol. The number of carbonyl (C=O) groups excluding carboxylic acids is 2. The highest BCUT2D eigenvalue weighted by molar-refractivity contribution is 9.10. The van der Waals surface area contributed by atoms with E-state index in [1.54, 1.807) is 6.08 Å². The molecule has 6 heteroatoms. The Morgan fingerprint density at radius 2 is 1.92 bits per heavy atom. The number of benzene rings is 2. The van der Waals surface area contributed by atoms with Crippen molar-refractivity contribution in [2.45, 2.75) is 13.5 Å². The number of hydrogen-bond acceptors (Lipinski definition) is 4. The van der Waals surface area contributed by atoms with Crippen molar-refractivity contribution in [3.8, 4) is 5.75 Å². The number of carbonyl (C=O) groups is 2. The maximum Gasteiger partial charge on any atom is 0.293 e. The van der Waals surface area contributed by atoms with Gasteiger partial charge in [0.25, 0.3) is 11.1 Å². The Bertz CT molecular complexity index is 836. The third-order valence-electron chi connectivity index (χ3n) is 3.62. The number of rotatable bonds is 5. The minimum atomic E-state index is -0.277. The standard InChI is InChI=1S/C19H16BrNO3S/c1-2-24-16-9-8-15(20)10-14(16)11-17-18(22)21(19(23)25-17)12-13-6-4-3-5-7-13/h3-11H,2,12H2,1H3/b17-11-. The lowest BCUT2D eigenvalue weighted by atomic mass is 10.1. The molecule has 128 valence electrons. The summed E-state index contributed by atoms with van der Waals surface area (Å²) in [4.78, 5) is 26.6. The van der Waals surface area contributed by atoms with Gasteiger partial charge in [-0.05, 0) is 48.5 Å². The largest absolute Gasteiger partial charge is 0.493 e. The van der Waals surface area contributed by atoms with Crippen LogP contribution in [0.5, 0.6) is 5.75 Å². The number of hydrogen-bond donors (Lipinski definition) is 0. The Kier molecular flexibility index (Phi) is 5.60. The Labute approximate surface area is 159 Å². The molecule has 1 aliphatic rings. The van der Waals surface area contributed by atoms with E-state index in [1.807, 2.05) is 55.5 Å². The maximum absolute atomic E-state index is 12.6. The summed E-state index contributed by atoms with van der Waals surface area (Å²) in [5, 5.41) is -0.256. The second kappa shape index (κ2) is 7.89. The predicted octanol–water partition coefficient (Wildman–Crippen LogP) is 5.08. The Balaban J connectivity index is 1.87. The summed E-state index contributed by atoms with van der Waals surface area (Å²) in [7, 11) is 0. The van der Waals surface area contributed by atoms with E-state index < -0.39 is 0 Å². The molecule has 2 aromatic rings. The number of amides is 2. The number of halogens is 1. The van der Waals surface area contributed by atoms with Crippen molar-refractivity contribution in [1.29, 1.82) is 0 Å². The monoisotopic (exact) mass is 417 g/mol. The molecule has 0 saturated carbocycles. The Morgan fingerprint density at radius 3 is 2.64 bits per heavy atom. The molecule has 25 heavy (non-hydrogen) atoms. The topological polar surface area (TPSA) is 46.6 Å². The van der Waals surface area contributed by atoms with E-state index >= 15 is 0 Å². The molecular weight excluding hydrogens is 402 g/mol. The molecule has 1 heterocycles. The first-order valence-electron chi connectivity index (χ1n) is 7.80. The minimum absolute atomic E-state index is 0.256. The highest BCUT2D eigenvalue weighted by Gasteiger charge is 2.35. The van der Waals surface area contributed by atoms with E-state index in [2.05, 4.69) is 15.9 Å². The van der Waals surface area contributed by atoms with E-state index in [4.69, 9.17) is 4.74 Å². The number of thioether (sulfide) groups is 1. The first-order chi connectivity index (χ1) is 12.1. The van der Waals surface area contributed by atoms with Crippen LogP contribution in [0.2, 0.25) is 0 Å². The van der Waals surface area contributed by atoms with Crippen LogP contribution >= 0.6 is 27.7 Å². The fraction of sp³-hybridized carbons (Fsp3) is 0.158. The normalized spacial score (nSPS) is 15.9. The molecule has 1 aliphatic heterocycles. The third-order valence-corrected chi connectivity index (χ3v) is 5.02. The van der Waals surface area contributed by atoms with E-state index in [-0.39, 0.29) is 17.7 Å². The van der Waals surface area contributed by atoms with Crippen LogP contribution in [0.3, 0.4) is 0 Å². The van der Waals surface area contributed by atoms with Gasteiger partial charge in [-0.15, -0.1) is 0 Å². The van der Waals surface area contributed by atoms with Crippen molar-refractivity contribution in [3.05, 3.63) is 69.0 Å². The van der Waals surface area contributed by atoms with Gasteiger partial charge in [0, 0.05) is 10.0 Å². The summed E-state index contributed by atoms with van der Waals surface area (Å²) < 4.78 is 6.48. The van der Waals surface area contributed by atoms with Crippen LogP contribution in [0, 0.1) is 0 Å². The molecule has 0 bridgehead atoms. The number of imide groups is 1. The molecule has 1 fully saturated rings. The van der Waals surface area contributed by atoms with E-state index in [1.165, 1.54) is 4.90 Å². The lowest BCUT2D eigenvalue weighted by Crippen LogP contribution is -2.27. The van der Waals surface area contributed by atoms with Gasteiger partial charge in [-0.2, -0.15) is 0 Å². The fourth-order valence-corrected chi connectivity index (χ4v) is 3.67. The van der Waals surface area contributed by atoms with Crippen LogP contribution in [-0.2, 0) is 11.3 Å². The highest BCUT2D eigenvalue weighted by Crippen LogP contribution is 2.35. The van der Waals surface area contributed by atoms with Crippen molar-refractivity contribution in [3.63, 3.8) is 0 Å². The van der Waals surface area contributed by atoms with Crippen LogP contribution in [0.1, 0.15) is 18.1 Å². The van der Waals surface area contributed by atoms with Gasteiger partial charge in [0.2, 0.25) is 0 Å². The van der Waals surface area contributed by atoms with Crippen molar-refractivity contribution < 1.29 is 14.3 Å². The first kappa shape index (κ1) is 17.8. The molecule has 0 radical (unpaired) electrons. The first-order valence-corrected chi connectivity index (χ1v) is 9.41. The molecule has 3 rings (SSSR count). The van der Waals surface area contributed by atoms with E-state index in [0.717, 1.165) is 27.4 Å². The number of nitrogens with zero attached hydrogens (tertiary/aromatic N) is 1. The molecule has 0 N–H and O–H groups in total. The molecule has 0 unspecified atom stereocenters. The smallest absolute Gasteiger partial charge is 0.293 e. The zero-order chi connectivity index (χ0) is 17.8. The zero-order valence-corrected chi connectivity index (χ0v) is 16.0. The Morgan fingerprint density at radius 1 is 1.16 bits per heavy atom. The van der Waals surface area contributed by atoms with Crippen molar-refractivity contribution in [2.24, 2.45) is 0 Å². The van der Waals surface area contributed by atoms with E-state index in [0.29, 0.717) is 17.3 Å². The van der Waals surface area contributed by atoms with Crippen LogP contribution in [0.4, 0.5) is 4.79 Å². The third kappa shape index (κ3) is 4.14. The summed E-state index contributed by atoms with van der Waals surface area (Å²) in [5.41, 5.74) is 1.69. The second-order valence-corrected chi connectivity index (χ2v) is 7.28. The fourth-order valence-electron chi connectivity index (χ4n) is 2.46. The highest BCUT2D eigenvalue weighted by atomic mass is 79.9. The van der Waals surface area contributed by atoms with Gasteiger partial charge in [-0.3, -0.25) is 14.5 Å². The summed E-state index contributed by atoms with van der Waals surface area (Å²) in [6.45, 7) is 2.71. The molecule has 0 atom stereocenters. The maximum atomic E-state index is 12.6. The van der Waals surface area contributed by atoms with Gasteiger partial charge in [0.1, 0.15) is 5.75 Å². The van der Waals surface area contributed by atoms with Gasteiger partial charge in [0.15, 0.2) is 0 Å². The average molecular weight is 418 g/mol. The van der Waals surface area contributed by atoms with Crippen LogP contribution in [0.25, 0.3) is 6.08 Å². The van der Waals surface area contributed by atoms with Crippen molar-refractivity contribution in [1.82, 2.24) is 4.90 Å². The summed E-state index contributed by atoms with van der Waals surface area (Å²) in [5.74, 6) is 0.404. The molecule has 0 spiro atoms. The lowest BCUT2D eigenvalue weighted by Gasteiger charge is -2.12. The van der Waals surface area contributed by atoms with Gasteiger partial charge >= 0.3 is 0 Å². The average Bonchev–Trinajstić information content (AvgIpc) is 2.86. The molecule has 1 saturated heterocycles. The van der Waals surface area contributed by atoms with E-state index in [9.17, 15) is 9.59 Å². The van der Waals surface area contributed by atoms with Gasteiger partial charge in [-0.25, -0.2) is 0 Å². The number of ether oxygens (including phenoxy) is 1. The molecule has 0 aromatic heterocycles. The minimum Gasteiger partial charge on any atom is -0.493 e. The summed E-state index contributed by atoms with van der Waals surface area (Å²) in [6, 6.07) is 15.1. The van der Waals surface area contributed by atoms with Crippen molar-refractivity contribution in [2.75, 3.05) is 6.61 Å². The zero-order valence-electron chi connectivity index (χ0n) is 13.6. The molecule has 0 aliphatic carbocycles. The second-order valence-electron chi connectivity index (χ2n) is 5.37. The summed E-state index contributed by atoms with van der Waals surface area (Å²) in [6.07, 6.45) is 1.71. The van der Waals surface area contributed by atoms with Gasteiger partial charge in [0.05, 0.1) is 18.1 Å². The molecule has 2 amide bonds. The quantitative estimate of drug-likeness (QED) is 0.635. The van der Waals surface area contributed by atoms with Crippen LogP contribution in [0.15, 0.2) is 57.9 Å². The SMILES string of the molecule is CCOc1ccc(Br)cc1/C=C1\SC(=O)N(Cc2ccccc2)C1=O. The summed E-state index contributed by atoms with van der Waals surface area (Å²) >= 11 is 4.38.